The Morgan fingerprint density at radius 2 is 2.29 bits per heavy atom. The first kappa shape index (κ1) is 11.3. The Hall–Kier alpha value is -2.22. The van der Waals surface area contributed by atoms with Crippen LogP contribution in [0.4, 0.5) is 11.4 Å². The second kappa shape index (κ2) is 4.34. The maximum Gasteiger partial charge on any atom is 0.222 e. The first-order chi connectivity index (χ1) is 8.11. The number of nitriles is 1. The van der Waals surface area contributed by atoms with E-state index in [9.17, 15) is 4.79 Å². The molecule has 0 saturated carbocycles. The zero-order chi connectivity index (χ0) is 12.4. The number of anilines is 2. The summed E-state index contributed by atoms with van der Waals surface area (Å²) in [5.41, 5.74) is 12.8. The van der Waals surface area contributed by atoms with E-state index in [0.717, 1.165) is 18.7 Å². The normalized spacial score (nSPS) is 19.0. The van der Waals surface area contributed by atoms with Crippen molar-refractivity contribution >= 4 is 17.3 Å². The Kier molecular flexibility index (Phi) is 2.88. The van der Waals surface area contributed by atoms with Gasteiger partial charge in [-0.15, -0.1) is 0 Å². The Labute approximate surface area is 99.6 Å². The van der Waals surface area contributed by atoms with Crippen LogP contribution >= 0.6 is 0 Å². The molecule has 1 unspecified atom stereocenters. The fourth-order valence-electron chi connectivity index (χ4n) is 2.13. The van der Waals surface area contributed by atoms with E-state index in [1.807, 2.05) is 11.0 Å². The molecule has 0 bridgehead atoms. The number of carbonyl (C=O) groups excluding carboxylic acids is 1. The lowest BCUT2D eigenvalue weighted by Gasteiger charge is -2.19. The van der Waals surface area contributed by atoms with Gasteiger partial charge in [-0.25, -0.2) is 0 Å². The monoisotopic (exact) mass is 230 g/mol. The van der Waals surface area contributed by atoms with Crippen LogP contribution in [-0.4, -0.2) is 19.0 Å². The van der Waals surface area contributed by atoms with Gasteiger partial charge in [0.1, 0.15) is 6.07 Å². The van der Waals surface area contributed by atoms with Crippen molar-refractivity contribution in [3.63, 3.8) is 0 Å². The van der Waals surface area contributed by atoms with Gasteiger partial charge < -0.3 is 16.4 Å². The summed E-state index contributed by atoms with van der Waals surface area (Å²) in [6, 6.07) is 7.34. The molecule has 1 heterocycles. The summed E-state index contributed by atoms with van der Waals surface area (Å²) in [6.07, 6.45) is 0.741. The molecule has 1 fully saturated rings. The average Bonchev–Trinajstić information content (AvgIpc) is 2.78. The molecule has 1 aliphatic heterocycles. The number of primary amides is 1. The third-order valence-corrected chi connectivity index (χ3v) is 3.07. The van der Waals surface area contributed by atoms with Crippen LogP contribution in [0.5, 0.6) is 0 Å². The highest BCUT2D eigenvalue weighted by molar-refractivity contribution is 5.78. The van der Waals surface area contributed by atoms with Gasteiger partial charge in [-0.05, 0) is 24.6 Å². The van der Waals surface area contributed by atoms with Crippen molar-refractivity contribution < 1.29 is 4.79 Å². The summed E-state index contributed by atoms with van der Waals surface area (Å²) in [6.45, 7) is 1.32. The molecule has 1 saturated heterocycles. The molecule has 1 aromatic carbocycles. The highest BCUT2D eigenvalue weighted by Gasteiger charge is 2.27. The molecule has 1 atom stereocenters. The zero-order valence-corrected chi connectivity index (χ0v) is 9.39. The molecule has 0 radical (unpaired) electrons. The van der Waals surface area contributed by atoms with Gasteiger partial charge in [-0.2, -0.15) is 5.26 Å². The maximum absolute atomic E-state index is 11.1. The number of rotatable bonds is 2. The van der Waals surface area contributed by atoms with Crippen LogP contribution in [0, 0.1) is 17.2 Å². The van der Waals surface area contributed by atoms with E-state index in [1.54, 1.807) is 12.1 Å². The van der Waals surface area contributed by atoms with E-state index in [0.29, 0.717) is 17.8 Å². The van der Waals surface area contributed by atoms with Crippen LogP contribution in [0.1, 0.15) is 12.0 Å². The van der Waals surface area contributed by atoms with Crippen molar-refractivity contribution in [2.45, 2.75) is 6.42 Å². The first-order valence-corrected chi connectivity index (χ1v) is 5.45. The fourth-order valence-corrected chi connectivity index (χ4v) is 2.13. The van der Waals surface area contributed by atoms with Crippen LogP contribution < -0.4 is 16.4 Å². The summed E-state index contributed by atoms with van der Waals surface area (Å²) < 4.78 is 0. The molecule has 88 valence electrons. The highest BCUT2D eigenvalue weighted by Crippen LogP contribution is 2.28. The lowest BCUT2D eigenvalue weighted by Crippen LogP contribution is -2.27. The third kappa shape index (κ3) is 2.16. The van der Waals surface area contributed by atoms with Gasteiger partial charge in [0.2, 0.25) is 5.91 Å². The summed E-state index contributed by atoms with van der Waals surface area (Å²) in [5, 5.41) is 9.05. The Balaban J connectivity index is 2.25. The zero-order valence-electron chi connectivity index (χ0n) is 9.39. The van der Waals surface area contributed by atoms with Gasteiger partial charge in [0, 0.05) is 18.8 Å². The smallest absolute Gasteiger partial charge is 0.222 e. The summed E-state index contributed by atoms with van der Waals surface area (Å²) in [7, 11) is 0. The number of carbonyl (C=O) groups is 1. The molecule has 1 amide bonds. The first-order valence-electron chi connectivity index (χ1n) is 5.45. The second-order valence-electron chi connectivity index (χ2n) is 4.22. The number of nitrogens with zero attached hydrogens (tertiary/aromatic N) is 2. The minimum absolute atomic E-state index is 0.126. The summed E-state index contributed by atoms with van der Waals surface area (Å²) in [4.78, 5) is 13.1. The van der Waals surface area contributed by atoms with E-state index in [4.69, 9.17) is 16.7 Å². The van der Waals surface area contributed by atoms with E-state index >= 15 is 0 Å². The molecule has 1 aromatic rings. The number of benzene rings is 1. The second-order valence-corrected chi connectivity index (χ2v) is 4.22. The van der Waals surface area contributed by atoms with E-state index in [2.05, 4.69) is 6.07 Å². The standard InChI is InChI=1S/C12H14N4O/c13-6-9-5-10(14)1-2-11(9)16-4-3-8(7-16)12(15)17/h1-2,5,8H,3-4,7,14H2,(H2,15,17). The largest absolute Gasteiger partial charge is 0.399 e. The van der Waals surface area contributed by atoms with Crippen molar-refractivity contribution in [1.29, 1.82) is 5.26 Å². The maximum atomic E-state index is 11.1. The highest BCUT2D eigenvalue weighted by atomic mass is 16.1. The molecule has 0 aliphatic carbocycles. The van der Waals surface area contributed by atoms with E-state index in [-0.39, 0.29) is 11.8 Å². The fraction of sp³-hybridized carbons (Fsp3) is 0.333. The topological polar surface area (TPSA) is 96.1 Å². The van der Waals surface area contributed by atoms with E-state index in [1.165, 1.54) is 0 Å². The van der Waals surface area contributed by atoms with Crippen LogP contribution in [0.25, 0.3) is 0 Å². The average molecular weight is 230 g/mol. The van der Waals surface area contributed by atoms with Crippen LogP contribution in [-0.2, 0) is 4.79 Å². The molecule has 2 rings (SSSR count). The number of nitrogens with two attached hydrogens (primary N) is 2. The van der Waals surface area contributed by atoms with Gasteiger partial charge in [0.15, 0.2) is 0 Å². The predicted molar refractivity (Wildman–Crippen MR) is 65.1 cm³/mol. The molecule has 17 heavy (non-hydrogen) atoms. The number of nitrogen functional groups attached to an aromatic ring is 1. The minimum Gasteiger partial charge on any atom is -0.399 e. The van der Waals surface area contributed by atoms with Crippen LogP contribution in [0.15, 0.2) is 18.2 Å². The molecule has 5 nitrogen and oxygen atoms in total. The molecular weight excluding hydrogens is 216 g/mol. The van der Waals surface area contributed by atoms with Gasteiger partial charge in [0.25, 0.3) is 0 Å². The Morgan fingerprint density at radius 3 is 2.88 bits per heavy atom. The van der Waals surface area contributed by atoms with E-state index < -0.39 is 0 Å². The van der Waals surface area contributed by atoms with Crippen LogP contribution in [0.2, 0.25) is 0 Å². The lowest BCUT2D eigenvalue weighted by atomic mass is 10.1. The molecule has 1 aliphatic rings. The summed E-state index contributed by atoms with van der Waals surface area (Å²) >= 11 is 0. The number of hydrogen-bond acceptors (Lipinski definition) is 4. The van der Waals surface area contributed by atoms with Crippen molar-refractivity contribution in [2.75, 3.05) is 23.7 Å². The summed E-state index contributed by atoms with van der Waals surface area (Å²) in [5.74, 6) is -0.402. The Morgan fingerprint density at radius 1 is 1.53 bits per heavy atom. The lowest BCUT2D eigenvalue weighted by molar-refractivity contribution is -0.121. The Bertz CT molecular complexity index is 492. The number of hydrogen-bond donors (Lipinski definition) is 2. The van der Waals surface area contributed by atoms with Gasteiger partial charge in [0.05, 0.1) is 17.2 Å². The predicted octanol–water partition coefficient (Wildman–Crippen LogP) is 0.452. The van der Waals surface area contributed by atoms with Crippen molar-refractivity contribution in [2.24, 2.45) is 11.7 Å². The van der Waals surface area contributed by atoms with Gasteiger partial charge in [-0.3, -0.25) is 4.79 Å². The quantitative estimate of drug-likeness (QED) is 0.721. The molecule has 0 aromatic heterocycles. The van der Waals surface area contributed by atoms with Crippen molar-refractivity contribution in [3.05, 3.63) is 23.8 Å². The molecule has 4 N–H and O–H groups in total. The third-order valence-electron chi connectivity index (χ3n) is 3.07. The van der Waals surface area contributed by atoms with Crippen molar-refractivity contribution in [3.8, 4) is 6.07 Å². The van der Waals surface area contributed by atoms with Gasteiger partial charge >= 0.3 is 0 Å². The minimum atomic E-state index is -0.276. The molecular formula is C12H14N4O. The van der Waals surface area contributed by atoms with Gasteiger partial charge in [-0.1, -0.05) is 0 Å². The number of amides is 1. The van der Waals surface area contributed by atoms with Crippen LogP contribution in [0.3, 0.4) is 0 Å². The molecule has 0 spiro atoms. The molecule has 5 heteroatoms. The van der Waals surface area contributed by atoms with Crippen molar-refractivity contribution in [1.82, 2.24) is 0 Å². The SMILES string of the molecule is N#Cc1cc(N)ccc1N1CCC(C(N)=O)C1.